The molecule has 456 valence electrons. The molecule has 0 spiro atoms. The molecule has 1 atom stereocenters. The number of allylic oxidation sites excluding steroid dienone is 2. The van der Waals surface area contributed by atoms with Gasteiger partial charge in [0.2, 0.25) is 0 Å². The molecule has 0 aliphatic rings. The van der Waals surface area contributed by atoms with Crippen LogP contribution in [0.2, 0.25) is 0 Å². The zero-order valence-corrected chi connectivity index (χ0v) is 52.5. The topological polar surface area (TPSA) is 78.9 Å². The lowest BCUT2D eigenvalue weighted by atomic mass is 10.0. The molecular formula is C71H136O6. The van der Waals surface area contributed by atoms with Crippen LogP contribution in [0.15, 0.2) is 12.2 Å². The smallest absolute Gasteiger partial charge is 0.306 e. The third-order valence-corrected chi connectivity index (χ3v) is 16.3. The fraction of sp³-hybridized carbons (Fsp3) is 0.930. The van der Waals surface area contributed by atoms with E-state index >= 15 is 0 Å². The Hall–Kier alpha value is -1.85. The summed E-state index contributed by atoms with van der Waals surface area (Å²) in [5.74, 6) is -0.839. The second-order valence-corrected chi connectivity index (χ2v) is 24.2. The van der Waals surface area contributed by atoms with Crippen LogP contribution in [0.4, 0.5) is 0 Å². The lowest BCUT2D eigenvalue weighted by Crippen LogP contribution is -2.30. The molecule has 0 N–H and O–H groups in total. The molecule has 0 rings (SSSR count). The molecule has 0 aromatic rings. The van der Waals surface area contributed by atoms with E-state index in [1.165, 1.54) is 302 Å². The van der Waals surface area contributed by atoms with Gasteiger partial charge in [0.15, 0.2) is 6.10 Å². The van der Waals surface area contributed by atoms with Gasteiger partial charge in [0.05, 0.1) is 0 Å². The third kappa shape index (κ3) is 64.9. The summed E-state index contributed by atoms with van der Waals surface area (Å²) in [5, 5.41) is 0. The van der Waals surface area contributed by atoms with Crippen LogP contribution in [0.1, 0.15) is 406 Å². The number of carbonyl (C=O) groups excluding carboxylic acids is 3. The molecule has 0 bridgehead atoms. The zero-order chi connectivity index (χ0) is 55.7. The number of carbonyl (C=O) groups is 3. The summed E-state index contributed by atoms with van der Waals surface area (Å²) in [4.78, 5) is 38.4. The second kappa shape index (κ2) is 66.7. The molecule has 0 radical (unpaired) electrons. The molecule has 6 heteroatoms. The van der Waals surface area contributed by atoms with E-state index in [9.17, 15) is 14.4 Å². The Kier molecular flexibility index (Phi) is 65.1. The van der Waals surface area contributed by atoms with Crippen LogP contribution < -0.4 is 0 Å². The van der Waals surface area contributed by atoms with Gasteiger partial charge < -0.3 is 14.2 Å². The lowest BCUT2D eigenvalue weighted by Gasteiger charge is -2.18. The zero-order valence-electron chi connectivity index (χ0n) is 52.5. The number of unbranched alkanes of at least 4 members (excludes halogenated alkanes) is 53. The van der Waals surface area contributed by atoms with Gasteiger partial charge in [-0.2, -0.15) is 0 Å². The number of ether oxygens (including phenoxy) is 3. The summed E-state index contributed by atoms with van der Waals surface area (Å²) in [6.45, 7) is 6.72. The van der Waals surface area contributed by atoms with Crippen molar-refractivity contribution >= 4 is 17.9 Å². The standard InChI is InChI=1S/C71H136O6/c1-4-7-10-13-16-19-22-25-28-30-32-34-36-38-39-41-43-46-49-52-55-58-61-64-70(73)76-67-68(66-75-69(72)63-60-57-54-51-48-45-27-24-21-18-15-12-9-6-3)77-71(74)65-62-59-56-53-50-47-44-42-40-37-35-33-31-29-26-23-20-17-14-11-8-5-2/h24,27,68H,4-23,25-26,28-67H2,1-3H3/b27-24-. The minimum atomic E-state index is -0.770. The molecule has 0 heterocycles. The van der Waals surface area contributed by atoms with Crippen LogP contribution in [0, 0.1) is 0 Å². The van der Waals surface area contributed by atoms with Crippen molar-refractivity contribution in [2.24, 2.45) is 0 Å². The van der Waals surface area contributed by atoms with Gasteiger partial charge in [0.1, 0.15) is 13.2 Å². The first-order chi connectivity index (χ1) is 38.0. The van der Waals surface area contributed by atoms with Crippen LogP contribution in [0.25, 0.3) is 0 Å². The maximum atomic E-state index is 12.9. The van der Waals surface area contributed by atoms with E-state index in [0.717, 1.165) is 64.2 Å². The Bertz CT molecular complexity index is 1200. The van der Waals surface area contributed by atoms with Gasteiger partial charge in [-0.1, -0.05) is 354 Å². The van der Waals surface area contributed by atoms with Crippen molar-refractivity contribution in [1.82, 2.24) is 0 Å². The van der Waals surface area contributed by atoms with Crippen molar-refractivity contribution < 1.29 is 28.6 Å². The van der Waals surface area contributed by atoms with Gasteiger partial charge in [-0.3, -0.25) is 14.4 Å². The van der Waals surface area contributed by atoms with E-state index in [4.69, 9.17) is 14.2 Å². The van der Waals surface area contributed by atoms with Gasteiger partial charge in [-0.05, 0) is 44.9 Å². The predicted octanol–water partition coefficient (Wildman–Crippen LogP) is 24.0. The Morgan fingerprint density at radius 1 is 0.247 bits per heavy atom. The third-order valence-electron chi connectivity index (χ3n) is 16.3. The predicted molar refractivity (Wildman–Crippen MR) is 335 cm³/mol. The first-order valence-electron chi connectivity index (χ1n) is 35.2. The molecule has 0 fully saturated rings. The van der Waals surface area contributed by atoms with Gasteiger partial charge in [0, 0.05) is 19.3 Å². The maximum Gasteiger partial charge on any atom is 0.306 e. The fourth-order valence-corrected chi connectivity index (χ4v) is 11.0. The van der Waals surface area contributed by atoms with Crippen molar-refractivity contribution in [3.05, 3.63) is 12.2 Å². The number of rotatable bonds is 66. The van der Waals surface area contributed by atoms with Gasteiger partial charge in [0.25, 0.3) is 0 Å². The average Bonchev–Trinajstić information content (AvgIpc) is 3.43. The van der Waals surface area contributed by atoms with E-state index in [2.05, 4.69) is 32.9 Å². The van der Waals surface area contributed by atoms with Crippen LogP contribution >= 0.6 is 0 Å². The molecule has 0 aliphatic heterocycles. The van der Waals surface area contributed by atoms with Crippen molar-refractivity contribution in [1.29, 1.82) is 0 Å². The summed E-state index contributed by atoms with van der Waals surface area (Å²) in [5.41, 5.74) is 0. The first kappa shape index (κ1) is 75.2. The number of hydrogen-bond donors (Lipinski definition) is 0. The van der Waals surface area contributed by atoms with E-state index < -0.39 is 6.10 Å². The molecule has 6 nitrogen and oxygen atoms in total. The van der Waals surface area contributed by atoms with Crippen LogP contribution in [-0.2, 0) is 28.6 Å². The van der Waals surface area contributed by atoms with Crippen LogP contribution in [-0.4, -0.2) is 37.2 Å². The molecule has 0 aromatic heterocycles. The Morgan fingerprint density at radius 2 is 0.429 bits per heavy atom. The highest BCUT2D eigenvalue weighted by Gasteiger charge is 2.19. The second-order valence-electron chi connectivity index (χ2n) is 24.2. The molecule has 0 saturated heterocycles. The minimum absolute atomic E-state index is 0.0656. The van der Waals surface area contributed by atoms with Crippen LogP contribution in [0.5, 0.6) is 0 Å². The van der Waals surface area contributed by atoms with Crippen molar-refractivity contribution in [3.8, 4) is 0 Å². The molecular weight excluding hydrogens is 949 g/mol. The number of esters is 3. The fourth-order valence-electron chi connectivity index (χ4n) is 11.0. The van der Waals surface area contributed by atoms with Gasteiger partial charge >= 0.3 is 17.9 Å². The molecule has 0 saturated carbocycles. The lowest BCUT2D eigenvalue weighted by molar-refractivity contribution is -0.167. The molecule has 0 aliphatic carbocycles. The van der Waals surface area contributed by atoms with Crippen molar-refractivity contribution in [2.45, 2.75) is 412 Å². The maximum absolute atomic E-state index is 12.9. The first-order valence-corrected chi connectivity index (χ1v) is 35.2. The molecule has 77 heavy (non-hydrogen) atoms. The van der Waals surface area contributed by atoms with E-state index in [1.807, 2.05) is 0 Å². The molecule has 0 aromatic carbocycles. The minimum Gasteiger partial charge on any atom is -0.462 e. The van der Waals surface area contributed by atoms with E-state index in [0.29, 0.717) is 19.3 Å². The quantitative estimate of drug-likeness (QED) is 0.0261. The van der Waals surface area contributed by atoms with Gasteiger partial charge in [-0.15, -0.1) is 0 Å². The Labute approximate surface area is 481 Å². The average molecular weight is 1090 g/mol. The summed E-state index contributed by atoms with van der Waals surface area (Å²) >= 11 is 0. The SMILES string of the molecule is CCCCCCC/C=C\CCCCCCCC(=O)OCC(COC(=O)CCCCCCCCCCCCCCCCCCCCCCCCC)OC(=O)CCCCCCCCCCCCCCCCCCCCCCCC. The summed E-state index contributed by atoms with van der Waals surface area (Å²) in [6, 6.07) is 0. The normalized spacial score (nSPS) is 12.0. The van der Waals surface area contributed by atoms with E-state index in [-0.39, 0.29) is 31.1 Å². The highest BCUT2D eigenvalue weighted by atomic mass is 16.6. The number of hydrogen-bond acceptors (Lipinski definition) is 6. The summed E-state index contributed by atoms with van der Waals surface area (Å²) in [7, 11) is 0. The Balaban J connectivity index is 4.23. The van der Waals surface area contributed by atoms with Gasteiger partial charge in [-0.25, -0.2) is 0 Å². The highest BCUT2D eigenvalue weighted by molar-refractivity contribution is 5.71. The molecule has 0 amide bonds. The van der Waals surface area contributed by atoms with E-state index in [1.54, 1.807) is 0 Å². The Morgan fingerprint density at radius 3 is 0.649 bits per heavy atom. The monoisotopic (exact) mass is 1090 g/mol. The highest BCUT2D eigenvalue weighted by Crippen LogP contribution is 2.19. The largest absolute Gasteiger partial charge is 0.462 e. The van der Waals surface area contributed by atoms with Crippen molar-refractivity contribution in [2.75, 3.05) is 13.2 Å². The summed E-state index contributed by atoms with van der Waals surface area (Å²) < 4.78 is 17.0. The van der Waals surface area contributed by atoms with Crippen LogP contribution in [0.3, 0.4) is 0 Å². The summed E-state index contributed by atoms with van der Waals surface area (Å²) in [6.07, 6.45) is 79.6. The van der Waals surface area contributed by atoms with Crippen molar-refractivity contribution in [3.63, 3.8) is 0 Å². The molecule has 1 unspecified atom stereocenters.